The summed E-state index contributed by atoms with van der Waals surface area (Å²) in [5.74, 6) is -0.275. The molecule has 0 aliphatic rings. The van der Waals surface area contributed by atoms with Gasteiger partial charge in [0.1, 0.15) is 6.54 Å². The molecule has 0 spiro atoms. The third-order valence-corrected chi connectivity index (χ3v) is 3.03. The Labute approximate surface area is 97.4 Å². The Bertz CT molecular complexity index is 291. The van der Waals surface area contributed by atoms with Crippen LogP contribution < -0.4 is 11.5 Å². The van der Waals surface area contributed by atoms with Gasteiger partial charge in [-0.2, -0.15) is 5.26 Å². The number of rotatable bonds is 5. The molecule has 0 aromatic heterocycles. The van der Waals surface area contributed by atoms with E-state index in [1.807, 2.05) is 19.9 Å². The highest BCUT2D eigenvalue weighted by atomic mass is 16.2. The van der Waals surface area contributed by atoms with Crippen molar-refractivity contribution in [3.63, 3.8) is 0 Å². The van der Waals surface area contributed by atoms with Crippen LogP contribution in [-0.4, -0.2) is 28.6 Å². The zero-order valence-corrected chi connectivity index (χ0v) is 10.6. The summed E-state index contributed by atoms with van der Waals surface area (Å²) in [6, 6.07) is 1.95. The van der Waals surface area contributed by atoms with Gasteiger partial charge in [-0.25, -0.2) is 0 Å². The zero-order chi connectivity index (χ0) is 13.0. The molecule has 4 N–H and O–H groups in total. The van der Waals surface area contributed by atoms with Crippen LogP contribution >= 0.6 is 0 Å². The number of hydrogen-bond donors (Lipinski definition) is 2. The number of nitriles is 1. The van der Waals surface area contributed by atoms with E-state index < -0.39 is 11.2 Å². The highest BCUT2D eigenvalue weighted by Gasteiger charge is 2.37. The Morgan fingerprint density at radius 3 is 2.12 bits per heavy atom. The van der Waals surface area contributed by atoms with Crippen LogP contribution in [0.3, 0.4) is 0 Å². The summed E-state index contributed by atoms with van der Waals surface area (Å²) in [4.78, 5) is 13.5. The van der Waals surface area contributed by atoms with E-state index in [2.05, 4.69) is 0 Å². The number of nitrogens with two attached hydrogens (primary N) is 2. The van der Waals surface area contributed by atoms with Crippen molar-refractivity contribution in [1.82, 2.24) is 4.90 Å². The minimum absolute atomic E-state index is 0.0353. The smallest absolute Gasteiger partial charge is 0.244 e. The first-order chi connectivity index (χ1) is 7.22. The average Bonchev–Trinajstić information content (AvgIpc) is 2.24. The summed E-state index contributed by atoms with van der Waals surface area (Å²) in [6.45, 7) is 7.06. The van der Waals surface area contributed by atoms with Crippen molar-refractivity contribution in [2.45, 2.75) is 51.7 Å². The summed E-state index contributed by atoms with van der Waals surface area (Å²) in [7, 11) is 0. The molecule has 0 aliphatic carbocycles. The van der Waals surface area contributed by atoms with Gasteiger partial charge in [-0.05, 0) is 26.7 Å². The molecular weight excluding hydrogens is 204 g/mol. The number of amides is 1. The fraction of sp³-hybridized carbons (Fsp3) is 0.818. The van der Waals surface area contributed by atoms with Gasteiger partial charge in [0.05, 0.1) is 17.3 Å². The zero-order valence-electron chi connectivity index (χ0n) is 10.6. The number of carbonyl (C=O) groups excluding carboxylic acids is 1. The minimum atomic E-state index is -0.966. The molecule has 0 bridgehead atoms. The molecule has 0 heterocycles. The van der Waals surface area contributed by atoms with Crippen LogP contribution in [0.5, 0.6) is 0 Å². The van der Waals surface area contributed by atoms with Crippen LogP contribution in [0.25, 0.3) is 0 Å². The van der Waals surface area contributed by atoms with Crippen LogP contribution in [0.4, 0.5) is 0 Å². The average molecular weight is 226 g/mol. The molecule has 5 nitrogen and oxygen atoms in total. The van der Waals surface area contributed by atoms with Crippen molar-refractivity contribution >= 4 is 5.91 Å². The Morgan fingerprint density at radius 1 is 1.31 bits per heavy atom. The first-order valence-electron chi connectivity index (χ1n) is 5.49. The van der Waals surface area contributed by atoms with E-state index >= 15 is 0 Å². The van der Waals surface area contributed by atoms with Gasteiger partial charge in [-0.3, -0.25) is 4.79 Å². The number of nitrogens with zero attached hydrogens (tertiary/aromatic N) is 2. The maximum absolute atomic E-state index is 12.2. The number of carbonyl (C=O) groups is 1. The van der Waals surface area contributed by atoms with Crippen LogP contribution in [0.1, 0.15) is 40.5 Å². The molecule has 2 unspecified atom stereocenters. The molecule has 0 radical (unpaired) electrons. The fourth-order valence-electron chi connectivity index (χ4n) is 1.21. The largest absolute Gasteiger partial charge is 0.318 e. The first kappa shape index (κ1) is 14.9. The Hall–Kier alpha value is -1.12. The maximum atomic E-state index is 12.2. The van der Waals surface area contributed by atoms with E-state index in [0.717, 1.165) is 0 Å². The van der Waals surface area contributed by atoms with Gasteiger partial charge >= 0.3 is 0 Å². The van der Waals surface area contributed by atoms with Crippen molar-refractivity contribution in [2.75, 3.05) is 6.54 Å². The molecule has 5 heteroatoms. The topological polar surface area (TPSA) is 96.1 Å². The molecule has 0 saturated heterocycles. The van der Waals surface area contributed by atoms with E-state index in [-0.39, 0.29) is 12.5 Å². The van der Waals surface area contributed by atoms with Gasteiger partial charge in [-0.1, -0.05) is 13.8 Å². The Kier molecular flexibility index (Phi) is 4.91. The van der Waals surface area contributed by atoms with Gasteiger partial charge in [0, 0.05) is 0 Å². The third kappa shape index (κ3) is 3.19. The molecule has 92 valence electrons. The molecular formula is C11H22N4O. The SMILES string of the molecule is CCC(C)(N)C(=O)N(CC#N)C(C)(N)CC. The summed E-state index contributed by atoms with van der Waals surface area (Å²) in [5, 5.41) is 8.74. The monoisotopic (exact) mass is 226 g/mol. The summed E-state index contributed by atoms with van der Waals surface area (Å²) in [6.07, 6.45) is 1.08. The predicted molar refractivity (Wildman–Crippen MR) is 63.1 cm³/mol. The molecule has 2 atom stereocenters. The van der Waals surface area contributed by atoms with E-state index in [1.165, 1.54) is 4.90 Å². The predicted octanol–water partition coefficient (Wildman–Crippen LogP) is 0.551. The van der Waals surface area contributed by atoms with E-state index in [4.69, 9.17) is 16.7 Å². The Morgan fingerprint density at radius 2 is 1.81 bits per heavy atom. The quantitative estimate of drug-likeness (QED) is 0.528. The second-order valence-electron chi connectivity index (χ2n) is 4.53. The highest BCUT2D eigenvalue weighted by Crippen LogP contribution is 2.18. The van der Waals surface area contributed by atoms with Crippen LogP contribution in [-0.2, 0) is 4.79 Å². The van der Waals surface area contributed by atoms with Crippen molar-refractivity contribution < 1.29 is 4.79 Å². The second-order valence-corrected chi connectivity index (χ2v) is 4.53. The van der Waals surface area contributed by atoms with E-state index in [9.17, 15) is 4.79 Å². The Balaban J connectivity index is 5.10. The maximum Gasteiger partial charge on any atom is 0.244 e. The summed E-state index contributed by atoms with van der Waals surface area (Å²) in [5.41, 5.74) is 10.1. The van der Waals surface area contributed by atoms with Gasteiger partial charge in [-0.15, -0.1) is 0 Å². The second kappa shape index (κ2) is 5.28. The van der Waals surface area contributed by atoms with Crippen LogP contribution in [0.2, 0.25) is 0 Å². The van der Waals surface area contributed by atoms with Crippen molar-refractivity contribution in [2.24, 2.45) is 11.5 Å². The molecule has 0 rings (SSSR count). The summed E-state index contributed by atoms with van der Waals surface area (Å²) >= 11 is 0. The minimum Gasteiger partial charge on any atom is -0.318 e. The van der Waals surface area contributed by atoms with Crippen molar-refractivity contribution in [3.8, 4) is 6.07 Å². The lowest BCUT2D eigenvalue weighted by atomic mass is 9.96. The lowest BCUT2D eigenvalue weighted by Crippen LogP contribution is -2.63. The third-order valence-electron chi connectivity index (χ3n) is 3.03. The standard InChI is InChI=1S/C11H22N4O/c1-5-10(3,13)9(16)15(8-7-12)11(4,14)6-2/h5-6,8,13-14H2,1-4H3. The highest BCUT2D eigenvalue weighted by molar-refractivity contribution is 5.86. The van der Waals surface area contributed by atoms with Crippen LogP contribution in [0.15, 0.2) is 0 Å². The van der Waals surface area contributed by atoms with Crippen molar-refractivity contribution in [1.29, 1.82) is 5.26 Å². The van der Waals surface area contributed by atoms with Gasteiger partial charge in [0.15, 0.2) is 0 Å². The van der Waals surface area contributed by atoms with Gasteiger partial charge < -0.3 is 16.4 Å². The normalized spacial score (nSPS) is 18.1. The number of hydrogen-bond acceptors (Lipinski definition) is 4. The van der Waals surface area contributed by atoms with Crippen molar-refractivity contribution in [3.05, 3.63) is 0 Å². The fourth-order valence-corrected chi connectivity index (χ4v) is 1.21. The molecule has 0 aromatic carbocycles. The molecule has 1 amide bonds. The van der Waals surface area contributed by atoms with Gasteiger partial charge in [0.2, 0.25) is 5.91 Å². The van der Waals surface area contributed by atoms with Gasteiger partial charge in [0.25, 0.3) is 0 Å². The molecule has 0 fully saturated rings. The molecule has 0 aliphatic heterocycles. The lowest BCUT2D eigenvalue weighted by Gasteiger charge is -2.40. The molecule has 0 saturated carbocycles. The lowest BCUT2D eigenvalue weighted by molar-refractivity contribution is -0.141. The van der Waals surface area contributed by atoms with Crippen LogP contribution in [0, 0.1) is 11.3 Å². The molecule has 0 aromatic rings. The first-order valence-corrected chi connectivity index (χ1v) is 5.49. The molecule has 16 heavy (non-hydrogen) atoms. The summed E-state index contributed by atoms with van der Waals surface area (Å²) < 4.78 is 0. The van der Waals surface area contributed by atoms with E-state index in [1.54, 1.807) is 13.8 Å². The van der Waals surface area contributed by atoms with E-state index in [0.29, 0.717) is 12.8 Å².